The van der Waals surface area contributed by atoms with Gasteiger partial charge in [0, 0.05) is 12.5 Å². The fourth-order valence-electron chi connectivity index (χ4n) is 4.51. The van der Waals surface area contributed by atoms with Gasteiger partial charge in [-0.1, -0.05) is 43.2 Å². The summed E-state index contributed by atoms with van der Waals surface area (Å²) >= 11 is 0. The van der Waals surface area contributed by atoms with Gasteiger partial charge in [0.15, 0.2) is 0 Å². The van der Waals surface area contributed by atoms with Crippen molar-refractivity contribution in [3.05, 3.63) is 35.9 Å². The van der Waals surface area contributed by atoms with Crippen molar-refractivity contribution < 1.29 is 9.59 Å². The minimum Gasteiger partial charge on any atom is -0.333 e. The zero-order valence-electron chi connectivity index (χ0n) is 14.5. The van der Waals surface area contributed by atoms with Crippen LogP contribution in [0.25, 0.3) is 0 Å². The van der Waals surface area contributed by atoms with E-state index in [-0.39, 0.29) is 17.9 Å². The number of rotatable bonds is 7. The van der Waals surface area contributed by atoms with Crippen molar-refractivity contribution in [1.29, 1.82) is 0 Å². The van der Waals surface area contributed by atoms with Crippen molar-refractivity contribution in [3.8, 4) is 0 Å². The molecule has 2 aliphatic rings. The molecule has 1 aliphatic carbocycles. The maximum absolute atomic E-state index is 12.8. The molecule has 1 saturated carbocycles. The molecule has 2 fully saturated rings. The molecular weight excluding hydrogens is 298 g/mol. The van der Waals surface area contributed by atoms with E-state index in [1.807, 2.05) is 4.90 Å². The minimum atomic E-state index is -0.156. The van der Waals surface area contributed by atoms with Gasteiger partial charge in [-0.05, 0) is 56.4 Å². The van der Waals surface area contributed by atoms with Crippen molar-refractivity contribution in [2.45, 2.75) is 63.8 Å². The molecule has 3 nitrogen and oxygen atoms in total. The SMILES string of the molecule is O=C[C@@H]1CCCN1C(=O)C1CCCC1CCCCc1ccccc1. The number of hydrogen-bond acceptors (Lipinski definition) is 2. The van der Waals surface area contributed by atoms with Crippen LogP contribution in [-0.2, 0) is 16.0 Å². The Morgan fingerprint density at radius 1 is 1.08 bits per heavy atom. The first-order valence-electron chi connectivity index (χ1n) is 9.59. The van der Waals surface area contributed by atoms with Gasteiger partial charge >= 0.3 is 0 Å². The fourth-order valence-corrected chi connectivity index (χ4v) is 4.51. The van der Waals surface area contributed by atoms with E-state index < -0.39 is 0 Å². The number of carbonyl (C=O) groups is 2. The summed E-state index contributed by atoms with van der Waals surface area (Å²) in [5, 5.41) is 0. The fraction of sp³-hybridized carbons (Fsp3) is 0.619. The number of aldehydes is 1. The number of nitrogens with zero attached hydrogens (tertiary/aromatic N) is 1. The lowest BCUT2D eigenvalue weighted by Crippen LogP contribution is -2.41. The summed E-state index contributed by atoms with van der Waals surface area (Å²) in [4.78, 5) is 25.9. The van der Waals surface area contributed by atoms with Gasteiger partial charge in [0.05, 0.1) is 6.04 Å². The van der Waals surface area contributed by atoms with Gasteiger partial charge in [0.25, 0.3) is 0 Å². The van der Waals surface area contributed by atoms with Crippen molar-refractivity contribution in [1.82, 2.24) is 4.90 Å². The first-order chi connectivity index (χ1) is 11.8. The van der Waals surface area contributed by atoms with Crippen molar-refractivity contribution in [2.24, 2.45) is 11.8 Å². The molecule has 0 N–H and O–H groups in total. The molecule has 0 bridgehead atoms. The summed E-state index contributed by atoms with van der Waals surface area (Å²) in [5.41, 5.74) is 1.41. The van der Waals surface area contributed by atoms with Crippen LogP contribution in [0.1, 0.15) is 56.9 Å². The molecule has 3 atom stereocenters. The largest absolute Gasteiger partial charge is 0.333 e. The maximum atomic E-state index is 12.8. The second kappa shape index (κ2) is 8.46. The molecule has 1 amide bonds. The highest BCUT2D eigenvalue weighted by Crippen LogP contribution is 2.37. The van der Waals surface area contributed by atoms with E-state index in [0.29, 0.717) is 5.92 Å². The Bertz CT molecular complexity index is 542. The quantitative estimate of drug-likeness (QED) is 0.560. The predicted molar refractivity (Wildman–Crippen MR) is 95.6 cm³/mol. The van der Waals surface area contributed by atoms with E-state index in [1.165, 1.54) is 31.2 Å². The number of likely N-dealkylation sites (tertiary alicyclic amines) is 1. The van der Waals surface area contributed by atoms with E-state index >= 15 is 0 Å². The molecule has 1 saturated heterocycles. The van der Waals surface area contributed by atoms with Crippen LogP contribution in [0.4, 0.5) is 0 Å². The molecule has 1 heterocycles. The lowest BCUT2D eigenvalue weighted by molar-refractivity contribution is -0.139. The highest BCUT2D eigenvalue weighted by atomic mass is 16.2. The third-order valence-electron chi connectivity index (χ3n) is 5.85. The normalized spacial score (nSPS) is 26.7. The predicted octanol–water partition coefficient (Wildman–Crippen LogP) is 4.01. The van der Waals surface area contributed by atoms with Crippen LogP contribution in [0.15, 0.2) is 30.3 Å². The van der Waals surface area contributed by atoms with E-state index in [1.54, 1.807) is 0 Å². The number of amides is 1. The average Bonchev–Trinajstić information content (AvgIpc) is 3.28. The van der Waals surface area contributed by atoms with E-state index in [4.69, 9.17) is 0 Å². The summed E-state index contributed by atoms with van der Waals surface area (Å²) in [6, 6.07) is 10.5. The zero-order chi connectivity index (χ0) is 16.8. The summed E-state index contributed by atoms with van der Waals surface area (Å²) in [6.45, 7) is 0.777. The second-order valence-electron chi connectivity index (χ2n) is 7.41. The van der Waals surface area contributed by atoms with Gasteiger partial charge in [-0.25, -0.2) is 0 Å². The molecule has 1 aromatic rings. The van der Waals surface area contributed by atoms with Crippen LogP contribution >= 0.6 is 0 Å². The molecule has 2 unspecified atom stereocenters. The Balaban J connectivity index is 1.46. The number of aryl methyl sites for hydroxylation is 1. The Morgan fingerprint density at radius 3 is 2.71 bits per heavy atom. The third-order valence-corrected chi connectivity index (χ3v) is 5.85. The number of hydrogen-bond donors (Lipinski definition) is 0. The van der Waals surface area contributed by atoms with Crippen LogP contribution < -0.4 is 0 Å². The van der Waals surface area contributed by atoms with Crippen LogP contribution in [-0.4, -0.2) is 29.7 Å². The van der Waals surface area contributed by atoms with E-state index in [9.17, 15) is 9.59 Å². The van der Waals surface area contributed by atoms with Gasteiger partial charge in [0.1, 0.15) is 6.29 Å². The molecule has 0 radical (unpaired) electrons. The minimum absolute atomic E-state index is 0.156. The van der Waals surface area contributed by atoms with Crippen LogP contribution in [0.5, 0.6) is 0 Å². The lowest BCUT2D eigenvalue weighted by atomic mass is 9.89. The Hall–Kier alpha value is -1.64. The van der Waals surface area contributed by atoms with Gasteiger partial charge in [-0.2, -0.15) is 0 Å². The van der Waals surface area contributed by atoms with Crippen LogP contribution in [0.2, 0.25) is 0 Å². The molecule has 130 valence electrons. The maximum Gasteiger partial charge on any atom is 0.226 e. The van der Waals surface area contributed by atoms with Gasteiger partial charge < -0.3 is 9.69 Å². The first-order valence-corrected chi connectivity index (χ1v) is 9.59. The van der Waals surface area contributed by atoms with Crippen LogP contribution in [0.3, 0.4) is 0 Å². The molecule has 3 rings (SSSR count). The lowest BCUT2D eigenvalue weighted by Gasteiger charge is -2.27. The van der Waals surface area contributed by atoms with Gasteiger partial charge in [0.2, 0.25) is 5.91 Å². The van der Waals surface area contributed by atoms with E-state index in [0.717, 1.165) is 44.9 Å². The second-order valence-corrected chi connectivity index (χ2v) is 7.41. The standard InChI is InChI=1S/C21H29NO2/c23-16-19-13-7-15-22(19)21(24)20-14-6-12-18(20)11-5-4-10-17-8-2-1-3-9-17/h1-3,8-9,16,18-20H,4-7,10-15H2/t18?,19-,20?/m0/s1. The van der Waals surface area contributed by atoms with Crippen molar-refractivity contribution in [2.75, 3.05) is 6.54 Å². The van der Waals surface area contributed by atoms with Gasteiger partial charge in [-0.15, -0.1) is 0 Å². The van der Waals surface area contributed by atoms with Crippen LogP contribution in [0, 0.1) is 11.8 Å². The van der Waals surface area contributed by atoms with Crippen molar-refractivity contribution >= 4 is 12.2 Å². The average molecular weight is 327 g/mol. The summed E-state index contributed by atoms with van der Waals surface area (Å²) in [5.74, 6) is 0.957. The first kappa shape index (κ1) is 17.2. The summed E-state index contributed by atoms with van der Waals surface area (Å²) < 4.78 is 0. The molecule has 0 aromatic heterocycles. The summed E-state index contributed by atoms with van der Waals surface area (Å²) in [6.07, 6.45) is 10.8. The molecular formula is C21H29NO2. The zero-order valence-corrected chi connectivity index (χ0v) is 14.5. The van der Waals surface area contributed by atoms with Crippen molar-refractivity contribution in [3.63, 3.8) is 0 Å². The van der Waals surface area contributed by atoms with E-state index in [2.05, 4.69) is 30.3 Å². The highest BCUT2D eigenvalue weighted by Gasteiger charge is 2.38. The highest BCUT2D eigenvalue weighted by molar-refractivity contribution is 5.83. The topological polar surface area (TPSA) is 37.4 Å². The molecule has 24 heavy (non-hydrogen) atoms. The monoisotopic (exact) mass is 327 g/mol. The Kier molecular flexibility index (Phi) is 6.06. The Morgan fingerprint density at radius 2 is 1.92 bits per heavy atom. The Labute approximate surface area is 145 Å². The molecule has 0 spiro atoms. The summed E-state index contributed by atoms with van der Waals surface area (Å²) in [7, 11) is 0. The molecule has 3 heteroatoms. The number of carbonyl (C=O) groups excluding carboxylic acids is 2. The smallest absolute Gasteiger partial charge is 0.226 e. The molecule has 1 aliphatic heterocycles. The third kappa shape index (κ3) is 4.06. The molecule has 1 aromatic carbocycles. The number of benzene rings is 1. The number of unbranched alkanes of at least 4 members (excludes halogenated alkanes) is 1. The van der Waals surface area contributed by atoms with Gasteiger partial charge in [-0.3, -0.25) is 4.79 Å².